The highest BCUT2D eigenvalue weighted by Crippen LogP contribution is 2.42. The Morgan fingerprint density at radius 3 is 2.44 bits per heavy atom. The van der Waals surface area contributed by atoms with E-state index in [9.17, 15) is 23.2 Å². The topological polar surface area (TPSA) is 107 Å². The average molecular weight is 388 g/mol. The number of carbonyl (C=O) groups excluding carboxylic acids is 3. The quantitative estimate of drug-likeness (QED) is 0.613. The van der Waals surface area contributed by atoms with Gasteiger partial charge in [0.25, 0.3) is 11.8 Å². The van der Waals surface area contributed by atoms with Crippen LogP contribution in [0.4, 0.5) is 19.3 Å². The van der Waals surface area contributed by atoms with E-state index in [1.807, 2.05) is 0 Å². The first kappa shape index (κ1) is 20.4. The van der Waals surface area contributed by atoms with E-state index < -0.39 is 24.2 Å². The van der Waals surface area contributed by atoms with Crippen molar-refractivity contribution in [1.82, 2.24) is 5.32 Å². The van der Waals surface area contributed by atoms with Gasteiger partial charge < -0.3 is 24.4 Å². The van der Waals surface area contributed by atoms with Crippen LogP contribution in [0.3, 0.4) is 0 Å². The number of alkyl halides is 2. The number of imide groups is 1. The first-order chi connectivity index (χ1) is 12.7. The predicted molar refractivity (Wildman–Crippen MR) is 87.7 cm³/mol. The molecule has 3 N–H and O–H groups in total. The van der Waals surface area contributed by atoms with E-state index in [1.54, 1.807) is 13.8 Å². The molecular formula is C16H20F2N3O6+. The zero-order chi connectivity index (χ0) is 20.0. The Morgan fingerprint density at radius 1 is 1.11 bits per heavy atom. The first-order valence-corrected chi connectivity index (χ1v) is 8.22. The van der Waals surface area contributed by atoms with Gasteiger partial charge in [0.1, 0.15) is 0 Å². The van der Waals surface area contributed by atoms with Crippen molar-refractivity contribution >= 4 is 23.6 Å². The third kappa shape index (κ3) is 6.06. The van der Waals surface area contributed by atoms with Crippen molar-refractivity contribution < 1.29 is 42.3 Å². The summed E-state index contributed by atoms with van der Waals surface area (Å²) in [6.07, 6.45) is -4.58. The lowest BCUT2D eigenvalue weighted by Crippen LogP contribution is -3.14. The predicted octanol–water partition coefficient (Wildman–Crippen LogP) is 0.124. The maximum atomic E-state index is 13.0. The molecule has 3 amide bonds. The van der Waals surface area contributed by atoms with Crippen LogP contribution in [0.1, 0.15) is 13.8 Å². The number of anilines is 1. The molecule has 0 fully saturated rings. The Bertz CT molecular complexity index is 728. The minimum atomic E-state index is -3.74. The zero-order valence-corrected chi connectivity index (χ0v) is 14.8. The van der Waals surface area contributed by atoms with E-state index in [0.717, 1.165) is 0 Å². The summed E-state index contributed by atoms with van der Waals surface area (Å²) < 4.78 is 39.2. The van der Waals surface area contributed by atoms with Gasteiger partial charge in [-0.05, 0) is 26.0 Å². The van der Waals surface area contributed by atoms with Crippen LogP contribution in [0.25, 0.3) is 0 Å². The van der Waals surface area contributed by atoms with E-state index in [1.165, 1.54) is 18.2 Å². The number of quaternary nitrogens is 1. The van der Waals surface area contributed by atoms with Crippen molar-refractivity contribution in [1.29, 1.82) is 0 Å². The van der Waals surface area contributed by atoms with Gasteiger partial charge in [-0.25, -0.2) is 4.79 Å². The van der Waals surface area contributed by atoms with Crippen LogP contribution in [0.15, 0.2) is 18.2 Å². The molecule has 27 heavy (non-hydrogen) atoms. The molecule has 0 bridgehead atoms. The molecule has 0 radical (unpaired) electrons. The number of amides is 3. The number of alkyl carbamates (subject to hydrolysis) is 1. The lowest BCUT2D eigenvalue weighted by atomic mass is 10.2. The molecule has 1 heterocycles. The van der Waals surface area contributed by atoms with Crippen LogP contribution in [-0.2, 0) is 14.3 Å². The number of likely N-dealkylation sites (N-methyl/N-ethyl adjacent to an activating group) is 1. The molecule has 148 valence electrons. The number of fused-ring (bicyclic) bond motifs is 1. The summed E-state index contributed by atoms with van der Waals surface area (Å²) >= 11 is 0. The molecule has 1 aromatic carbocycles. The second kappa shape index (κ2) is 8.62. The first-order valence-electron chi connectivity index (χ1n) is 8.22. The third-order valence-electron chi connectivity index (χ3n) is 3.52. The Morgan fingerprint density at radius 2 is 1.78 bits per heavy atom. The van der Waals surface area contributed by atoms with Gasteiger partial charge in [0.05, 0.1) is 13.2 Å². The van der Waals surface area contributed by atoms with Gasteiger partial charge in [-0.3, -0.25) is 14.9 Å². The van der Waals surface area contributed by atoms with E-state index >= 15 is 0 Å². The van der Waals surface area contributed by atoms with E-state index in [-0.39, 0.29) is 36.9 Å². The SMILES string of the molecule is CCOC(=O)NC(=O)C[NH+](CC)CC(=O)Nc1ccc2c(c1)OC(F)(F)O2. The van der Waals surface area contributed by atoms with Crippen molar-refractivity contribution in [3.63, 3.8) is 0 Å². The molecule has 9 nitrogen and oxygen atoms in total. The molecule has 0 aliphatic carbocycles. The Balaban J connectivity index is 1.87. The number of nitrogens with one attached hydrogen (secondary N) is 3. The van der Waals surface area contributed by atoms with E-state index in [2.05, 4.69) is 24.8 Å². The number of rotatable bonds is 7. The highest BCUT2D eigenvalue weighted by Gasteiger charge is 2.43. The molecule has 11 heteroatoms. The molecule has 0 aromatic heterocycles. The van der Waals surface area contributed by atoms with Crippen LogP contribution in [0, 0.1) is 0 Å². The summed E-state index contributed by atoms with van der Waals surface area (Å²) in [5.41, 5.74) is 0.242. The van der Waals surface area contributed by atoms with Gasteiger partial charge >= 0.3 is 12.4 Å². The standard InChI is InChI=1S/C16H19F2N3O6/c1-3-21(9-14(23)20-15(24)25-4-2)8-13(22)19-10-5-6-11-12(7-10)27-16(17,18)26-11/h5-7H,3-4,8-9H2,1-2H3,(H,19,22)(H,20,23,24)/p+1. The van der Waals surface area contributed by atoms with Crippen molar-refractivity contribution in [2.45, 2.75) is 20.1 Å². The van der Waals surface area contributed by atoms with Crippen molar-refractivity contribution in [2.75, 3.05) is 31.6 Å². The Kier molecular flexibility index (Phi) is 6.50. The van der Waals surface area contributed by atoms with Gasteiger partial charge in [-0.15, -0.1) is 8.78 Å². The largest absolute Gasteiger partial charge is 0.586 e. The number of hydrogen-bond donors (Lipinski definition) is 3. The minimum absolute atomic E-state index is 0.0721. The summed E-state index contributed by atoms with van der Waals surface area (Å²) in [4.78, 5) is 35.7. The summed E-state index contributed by atoms with van der Waals surface area (Å²) in [5.74, 6) is -1.34. The van der Waals surface area contributed by atoms with Gasteiger partial charge in [0.15, 0.2) is 24.6 Å². The van der Waals surface area contributed by atoms with Gasteiger partial charge in [-0.2, -0.15) is 0 Å². The maximum Gasteiger partial charge on any atom is 0.586 e. The van der Waals surface area contributed by atoms with Crippen molar-refractivity contribution in [3.8, 4) is 11.5 Å². The van der Waals surface area contributed by atoms with E-state index in [4.69, 9.17) is 0 Å². The van der Waals surface area contributed by atoms with Crippen LogP contribution >= 0.6 is 0 Å². The lowest BCUT2D eigenvalue weighted by molar-refractivity contribution is -0.881. The van der Waals surface area contributed by atoms with Crippen molar-refractivity contribution in [2.24, 2.45) is 0 Å². The summed E-state index contributed by atoms with van der Waals surface area (Å²) in [6.45, 7) is 3.76. The highest BCUT2D eigenvalue weighted by atomic mass is 19.3. The molecule has 0 spiro atoms. The van der Waals surface area contributed by atoms with Gasteiger partial charge in [0.2, 0.25) is 0 Å². The zero-order valence-electron chi connectivity index (χ0n) is 14.8. The average Bonchev–Trinajstić information content (AvgIpc) is 2.87. The lowest BCUT2D eigenvalue weighted by Gasteiger charge is -2.16. The number of ether oxygens (including phenoxy) is 3. The molecule has 1 aromatic rings. The fourth-order valence-corrected chi connectivity index (χ4v) is 2.32. The van der Waals surface area contributed by atoms with Gasteiger partial charge in [-0.1, -0.05) is 0 Å². The molecule has 1 unspecified atom stereocenters. The van der Waals surface area contributed by atoms with Crippen LogP contribution < -0.4 is 25.0 Å². The second-order valence-electron chi connectivity index (χ2n) is 5.60. The fraction of sp³-hybridized carbons (Fsp3) is 0.438. The molecule has 0 saturated heterocycles. The number of carbonyl (C=O) groups is 3. The van der Waals surface area contributed by atoms with Crippen LogP contribution in [0.2, 0.25) is 0 Å². The summed E-state index contributed by atoms with van der Waals surface area (Å²) in [5, 5.41) is 4.58. The molecular weight excluding hydrogens is 368 g/mol. The van der Waals surface area contributed by atoms with Crippen LogP contribution in [0.5, 0.6) is 11.5 Å². The monoisotopic (exact) mass is 388 g/mol. The minimum Gasteiger partial charge on any atom is -0.450 e. The number of hydrogen-bond acceptors (Lipinski definition) is 6. The third-order valence-corrected chi connectivity index (χ3v) is 3.52. The number of halogens is 2. The smallest absolute Gasteiger partial charge is 0.450 e. The number of benzene rings is 1. The highest BCUT2D eigenvalue weighted by molar-refractivity contribution is 5.93. The summed E-state index contributed by atoms with van der Waals surface area (Å²) in [6, 6.07) is 3.86. The fourth-order valence-electron chi connectivity index (χ4n) is 2.32. The van der Waals surface area contributed by atoms with Crippen molar-refractivity contribution in [3.05, 3.63) is 18.2 Å². The Hall–Kier alpha value is -2.95. The second-order valence-corrected chi connectivity index (χ2v) is 5.60. The Labute approximate surface area is 153 Å². The summed E-state index contributed by atoms with van der Waals surface area (Å²) in [7, 11) is 0. The van der Waals surface area contributed by atoms with Crippen LogP contribution in [-0.4, -0.2) is 50.4 Å². The molecule has 2 rings (SSSR count). The molecule has 1 atom stereocenters. The van der Waals surface area contributed by atoms with E-state index in [0.29, 0.717) is 11.4 Å². The molecule has 1 aliphatic rings. The van der Waals surface area contributed by atoms with Gasteiger partial charge in [0, 0.05) is 11.8 Å². The maximum absolute atomic E-state index is 13.0. The molecule has 0 saturated carbocycles. The normalized spacial score (nSPS) is 15.0. The molecule has 1 aliphatic heterocycles.